The summed E-state index contributed by atoms with van der Waals surface area (Å²) >= 11 is 0. The summed E-state index contributed by atoms with van der Waals surface area (Å²) in [6.45, 7) is 0. The molecule has 5 nitrogen and oxygen atoms in total. The quantitative estimate of drug-likeness (QED) is 0.478. The van der Waals surface area contributed by atoms with E-state index in [-0.39, 0.29) is 16.1 Å². The molecule has 0 radical (unpaired) electrons. The molecule has 0 aliphatic heterocycles. The molecular weight excluding hydrogens is 422 g/mol. The molecule has 0 aliphatic rings. The van der Waals surface area contributed by atoms with E-state index in [4.69, 9.17) is 0 Å². The third-order valence-electron chi connectivity index (χ3n) is 4.76. The monoisotopic (exact) mass is 438 g/mol. The lowest BCUT2D eigenvalue weighted by Crippen LogP contribution is -2.23. The molecule has 0 bridgehead atoms. The number of hydrogen-bond donors (Lipinski definition) is 0. The lowest BCUT2D eigenvalue weighted by Gasteiger charge is -2.13. The second-order valence-corrected chi connectivity index (χ2v) is 8.95. The van der Waals surface area contributed by atoms with E-state index in [0.29, 0.717) is 16.7 Å². The van der Waals surface area contributed by atoms with E-state index in [0.717, 1.165) is 10.9 Å². The van der Waals surface area contributed by atoms with Crippen molar-refractivity contribution >= 4 is 9.84 Å². The normalized spacial score (nSPS) is 11.5. The first kappa shape index (κ1) is 20.6. The van der Waals surface area contributed by atoms with E-state index < -0.39 is 27.0 Å². The molecular formula is C23H16F2N2O3S. The summed E-state index contributed by atoms with van der Waals surface area (Å²) in [4.78, 5) is 13.5. The summed E-state index contributed by atoms with van der Waals surface area (Å²) < 4.78 is 51.7. The molecule has 0 atom stereocenters. The van der Waals surface area contributed by atoms with Gasteiger partial charge in [0.05, 0.1) is 22.3 Å². The zero-order valence-corrected chi connectivity index (χ0v) is 17.1. The Kier molecular flexibility index (Phi) is 5.24. The van der Waals surface area contributed by atoms with Crippen molar-refractivity contribution in [3.05, 3.63) is 101 Å². The topological polar surface area (TPSA) is 69.0 Å². The molecule has 0 unspecified atom stereocenters. The van der Waals surface area contributed by atoms with E-state index in [2.05, 4.69) is 5.10 Å². The van der Waals surface area contributed by atoms with Gasteiger partial charge in [0.15, 0.2) is 9.84 Å². The minimum absolute atomic E-state index is 0.139. The zero-order valence-electron chi connectivity index (χ0n) is 16.3. The van der Waals surface area contributed by atoms with Gasteiger partial charge in [-0.05, 0) is 53.6 Å². The molecule has 0 fully saturated rings. The van der Waals surface area contributed by atoms with Crippen LogP contribution < -0.4 is 5.56 Å². The van der Waals surface area contributed by atoms with Gasteiger partial charge in [-0.25, -0.2) is 17.2 Å². The van der Waals surface area contributed by atoms with Gasteiger partial charge in [0.25, 0.3) is 5.56 Å². The highest BCUT2D eigenvalue weighted by molar-refractivity contribution is 7.90. The van der Waals surface area contributed by atoms with Gasteiger partial charge in [0.1, 0.15) is 11.6 Å². The Morgan fingerprint density at radius 1 is 0.839 bits per heavy atom. The van der Waals surface area contributed by atoms with Crippen LogP contribution in [0.2, 0.25) is 0 Å². The van der Waals surface area contributed by atoms with Crippen molar-refractivity contribution in [2.24, 2.45) is 0 Å². The Labute approximate surface area is 177 Å². The lowest BCUT2D eigenvalue weighted by molar-refractivity contribution is 0.602. The molecule has 156 valence electrons. The van der Waals surface area contributed by atoms with Crippen LogP contribution in [0.25, 0.3) is 27.9 Å². The van der Waals surface area contributed by atoms with Crippen molar-refractivity contribution in [1.82, 2.24) is 9.78 Å². The third-order valence-corrected chi connectivity index (χ3v) is 5.89. The predicted molar refractivity (Wildman–Crippen MR) is 114 cm³/mol. The van der Waals surface area contributed by atoms with Crippen molar-refractivity contribution in [3.63, 3.8) is 0 Å². The fourth-order valence-corrected chi connectivity index (χ4v) is 3.87. The number of halogens is 2. The van der Waals surface area contributed by atoms with Crippen LogP contribution >= 0.6 is 0 Å². The summed E-state index contributed by atoms with van der Waals surface area (Å²) in [6, 6.07) is 16.9. The number of sulfone groups is 1. The maximum absolute atomic E-state index is 13.7. The van der Waals surface area contributed by atoms with Crippen LogP contribution in [-0.4, -0.2) is 24.5 Å². The van der Waals surface area contributed by atoms with E-state index in [9.17, 15) is 22.0 Å². The molecule has 0 saturated heterocycles. The molecule has 0 N–H and O–H groups in total. The molecule has 8 heteroatoms. The molecule has 31 heavy (non-hydrogen) atoms. The third kappa shape index (κ3) is 4.15. The molecule has 4 aromatic rings. The Morgan fingerprint density at radius 2 is 1.48 bits per heavy atom. The summed E-state index contributed by atoms with van der Waals surface area (Å²) in [6.07, 6.45) is 2.55. The van der Waals surface area contributed by atoms with Gasteiger partial charge in [-0.15, -0.1) is 0 Å². The van der Waals surface area contributed by atoms with Crippen molar-refractivity contribution in [2.45, 2.75) is 4.90 Å². The second kappa shape index (κ2) is 7.88. The van der Waals surface area contributed by atoms with Crippen LogP contribution in [-0.2, 0) is 9.84 Å². The number of aromatic nitrogens is 2. The van der Waals surface area contributed by atoms with Gasteiger partial charge < -0.3 is 0 Å². The van der Waals surface area contributed by atoms with Gasteiger partial charge in [0.2, 0.25) is 0 Å². The maximum Gasteiger partial charge on any atom is 0.280 e. The number of benzene rings is 3. The second-order valence-electron chi connectivity index (χ2n) is 6.93. The first-order valence-corrected chi connectivity index (χ1v) is 11.1. The molecule has 0 aliphatic carbocycles. The summed E-state index contributed by atoms with van der Waals surface area (Å²) in [7, 11) is -3.38. The highest BCUT2D eigenvalue weighted by atomic mass is 32.2. The smallest absolute Gasteiger partial charge is 0.267 e. The van der Waals surface area contributed by atoms with Crippen LogP contribution in [0.1, 0.15) is 0 Å². The standard InChI is InChI=1S/C23H16F2N2O3S/c1-31(29,30)20-11-7-15(8-12-20)21-14-26-27(19-4-2-3-18(25)13-19)23(28)22(21)16-5-9-17(24)10-6-16/h2-14H,1H3. The SMILES string of the molecule is CS(=O)(=O)c1ccc(-c2cnn(-c3cccc(F)c3)c(=O)c2-c2ccc(F)cc2)cc1. The Bertz CT molecular complexity index is 1430. The van der Waals surface area contributed by atoms with E-state index in [1.807, 2.05) is 0 Å². The van der Waals surface area contributed by atoms with Crippen LogP contribution in [0.5, 0.6) is 0 Å². The fourth-order valence-electron chi connectivity index (χ4n) is 3.24. The zero-order chi connectivity index (χ0) is 22.2. The van der Waals surface area contributed by atoms with Gasteiger partial charge in [0, 0.05) is 11.8 Å². The van der Waals surface area contributed by atoms with Gasteiger partial charge in [-0.2, -0.15) is 9.78 Å². The minimum Gasteiger partial charge on any atom is -0.267 e. The molecule has 3 aromatic carbocycles. The Balaban J connectivity index is 1.96. The van der Waals surface area contributed by atoms with Crippen molar-refractivity contribution in [1.29, 1.82) is 0 Å². The predicted octanol–water partition coefficient (Wildman–Crippen LogP) is 4.25. The Hall–Kier alpha value is -3.65. The van der Waals surface area contributed by atoms with E-state index in [1.54, 1.807) is 18.2 Å². The number of nitrogens with zero attached hydrogens (tertiary/aromatic N) is 2. The van der Waals surface area contributed by atoms with E-state index >= 15 is 0 Å². The highest BCUT2D eigenvalue weighted by Crippen LogP contribution is 2.30. The van der Waals surface area contributed by atoms with Gasteiger partial charge >= 0.3 is 0 Å². The average Bonchev–Trinajstić information content (AvgIpc) is 2.74. The maximum atomic E-state index is 13.7. The fraction of sp³-hybridized carbons (Fsp3) is 0.0435. The summed E-state index contributed by atoms with van der Waals surface area (Å²) in [5.41, 5.74) is 1.38. The summed E-state index contributed by atoms with van der Waals surface area (Å²) in [5, 5.41) is 4.19. The van der Waals surface area contributed by atoms with E-state index in [1.165, 1.54) is 60.8 Å². The van der Waals surface area contributed by atoms with Gasteiger partial charge in [-0.1, -0.05) is 30.3 Å². The summed E-state index contributed by atoms with van der Waals surface area (Å²) in [5.74, 6) is -0.975. The molecule has 4 rings (SSSR count). The average molecular weight is 438 g/mol. The number of rotatable bonds is 4. The minimum atomic E-state index is -3.38. The van der Waals surface area contributed by atoms with Crippen molar-refractivity contribution in [3.8, 4) is 27.9 Å². The molecule has 1 heterocycles. The van der Waals surface area contributed by atoms with Crippen LogP contribution in [0.3, 0.4) is 0 Å². The lowest BCUT2D eigenvalue weighted by atomic mass is 9.97. The Morgan fingerprint density at radius 3 is 2.10 bits per heavy atom. The van der Waals surface area contributed by atoms with Crippen LogP contribution in [0.4, 0.5) is 8.78 Å². The van der Waals surface area contributed by atoms with Crippen molar-refractivity contribution < 1.29 is 17.2 Å². The van der Waals surface area contributed by atoms with Crippen LogP contribution in [0, 0.1) is 11.6 Å². The van der Waals surface area contributed by atoms with Gasteiger partial charge in [-0.3, -0.25) is 4.79 Å². The largest absolute Gasteiger partial charge is 0.280 e. The number of hydrogen-bond acceptors (Lipinski definition) is 4. The van der Waals surface area contributed by atoms with Crippen LogP contribution in [0.15, 0.2) is 88.7 Å². The first-order valence-electron chi connectivity index (χ1n) is 9.19. The molecule has 0 spiro atoms. The molecule has 1 aromatic heterocycles. The molecule has 0 saturated carbocycles. The van der Waals surface area contributed by atoms with Crippen molar-refractivity contribution in [2.75, 3.05) is 6.26 Å². The highest BCUT2D eigenvalue weighted by Gasteiger charge is 2.17. The molecule has 0 amide bonds. The first-order chi connectivity index (χ1) is 14.7.